The number of nitrogens with one attached hydrogen (secondary N) is 1. The van der Waals surface area contributed by atoms with Crippen molar-refractivity contribution >= 4 is 17.8 Å². The monoisotopic (exact) mass is 253 g/mol. The molecule has 18 heavy (non-hydrogen) atoms. The number of hydrogen-bond acceptors (Lipinski definition) is 5. The zero-order valence-corrected chi connectivity index (χ0v) is 9.38. The summed E-state index contributed by atoms with van der Waals surface area (Å²) in [7, 11) is 0. The van der Waals surface area contributed by atoms with Crippen molar-refractivity contribution in [2.24, 2.45) is 0 Å². The minimum atomic E-state index is -1.30. The summed E-state index contributed by atoms with van der Waals surface area (Å²) < 4.78 is 4.50. The van der Waals surface area contributed by atoms with Gasteiger partial charge in [0.25, 0.3) is 5.91 Å². The summed E-state index contributed by atoms with van der Waals surface area (Å²) in [6, 6.07) is 1.05. The highest BCUT2D eigenvalue weighted by molar-refractivity contribution is 5.96. The molecule has 2 N–H and O–H groups in total. The molecule has 0 atom stereocenters. The van der Waals surface area contributed by atoms with Gasteiger partial charge in [-0.2, -0.15) is 0 Å². The number of amides is 2. The molecule has 2 amide bonds. The first kappa shape index (κ1) is 12.1. The summed E-state index contributed by atoms with van der Waals surface area (Å²) in [5, 5.41) is 14.7. The molecular weight excluding hydrogens is 242 g/mol. The van der Waals surface area contributed by atoms with Crippen LogP contribution in [0.25, 0.3) is 0 Å². The Morgan fingerprint density at radius 3 is 2.94 bits per heavy atom. The Bertz CT molecular complexity index is 495. The highest BCUT2D eigenvalue weighted by atomic mass is 16.5. The van der Waals surface area contributed by atoms with Crippen LogP contribution in [0, 0.1) is 0 Å². The molecule has 0 aromatic carbocycles. The number of aromatic carboxylic acids is 1. The third-order valence-corrected chi connectivity index (χ3v) is 2.49. The van der Waals surface area contributed by atoms with Crippen LogP contribution in [-0.4, -0.2) is 52.6 Å². The molecule has 1 saturated heterocycles. The van der Waals surface area contributed by atoms with E-state index in [1.54, 1.807) is 0 Å². The number of carbonyl (C=O) groups excluding carboxylic acids is 2. The maximum atomic E-state index is 12.0. The van der Waals surface area contributed by atoms with E-state index in [4.69, 9.17) is 5.11 Å². The largest absolute Gasteiger partial charge is 0.475 e. The zero-order chi connectivity index (χ0) is 13.1. The van der Waals surface area contributed by atoms with Crippen molar-refractivity contribution in [3.05, 3.63) is 17.5 Å². The van der Waals surface area contributed by atoms with Gasteiger partial charge >= 0.3 is 5.97 Å². The van der Waals surface area contributed by atoms with Crippen molar-refractivity contribution in [1.82, 2.24) is 15.4 Å². The van der Waals surface area contributed by atoms with Crippen molar-refractivity contribution in [3.63, 3.8) is 0 Å². The van der Waals surface area contributed by atoms with Gasteiger partial charge in [0.1, 0.15) is 0 Å². The van der Waals surface area contributed by atoms with E-state index in [-0.39, 0.29) is 18.1 Å². The molecule has 0 radical (unpaired) electrons. The van der Waals surface area contributed by atoms with Crippen LogP contribution >= 0.6 is 0 Å². The quantitative estimate of drug-likeness (QED) is 0.723. The molecule has 1 aromatic rings. The van der Waals surface area contributed by atoms with E-state index in [9.17, 15) is 14.4 Å². The minimum absolute atomic E-state index is 0.0614. The highest BCUT2D eigenvalue weighted by Gasteiger charge is 2.24. The van der Waals surface area contributed by atoms with Gasteiger partial charge in [-0.25, -0.2) is 4.79 Å². The number of carboxylic acids is 1. The Morgan fingerprint density at radius 2 is 2.28 bits per heavy atom. The van der Waals surface area contributed by atoms with E-state index < -0.39 is 17.6 Å². The van der Waals surface area contributed by atoms with Crippen molar-refractivity contribution in [2.75, 3.05) is 19.6 Å². The topological polar surface area (TPSA) is 113 Å². The van der Waals surface area contributed by atoms with Crippen LogP contribution in [0.5, 0.6) is 0 Å². The second-order valence-corrected chi connectivity index (χ2v) is 3.81. The third kappa shape index (κ3) is 2.47. The first-order valence-corrected chi connectivity index (χ1v) is 5.34. The fraction of sp³-hybridized carbons (Fsp3) is 0.400. The lowest BCUT2D eigenvalue weighted by atomic mass is 10.3. The van der Waals surface area contributed by atoms with Crippen LogP contribution in [0.3, 0.4) is 0 Å². The van der Waals surface area contributed by atoms with Crippen molar-refractivity contribution in [1.29, 1.82) is 0 Å². The predicted octanol–water partition coefficient (Wildman–Crippen LogP) is -0.665. The SMILES string of the molecule is O=C1CN(C(=O)c2cc(C(=O)O)on2)CCCN1. The number of carboxylic acid groups (broad SMARTS) is 1. The second kappa shape index (κ2) is 4.86. The molecule has 2 rings (SSSR count). The van der Waals surface area contributed by atoms with E-state index in [0.29, 0.717) is 19.5 Å². The number of nitrogens with zero attached hydrogens (tertiary/aromatic N) is 2. The lowest BCUT2D eigenvalue weighted by Crippen LogP contribution is -2.37. The highest BCUT2D eigenvalue weighted by Crippen LogP contribution is 2.08. The second-order valence-electron chi connectivity index (χ2n) is 3.81. The molecule has 0 bridgehead atoms. The van der Waals surface area contributed by atoms with Crippen molar-refractivity contribution in [2.45, 2.75) is 6.42 Å². The van der Waals surface area contributed by atoms with E-state index >= 15 is 0 Å². The van der Waals surface area contributed by atoms with Crippen LogP contribution in [0.4, 0.5) is 0 Å². The standard InChI is InChI=1S/C10H11N3O5/c14-8-5-13(3-1-2-11-8)9(15)6-4-7(10(16)17)18-12-6/h4H,1-3,5H2,(H,11,14)(H,16,17). The van der Waals surface area contributed by atoms with Crippen molar-refractivity contribution in [3.8, 4) is 0 Å². The average molecular weight is 253 g/mol. The summed E-state index contributed by atoms with van der Waals surface area (Å²) in [5.41, 5.74) is -0.109. The molecule has 1 aliphatic rings. The molecule has 8 heteroatoms. The molecule has 1 fully saturated rings. The summed E-state index contributed by atoms with van der Waals surface area (Å²) >= 11 is 0. The maximum Gasteiger partial charge on any atom is 0.374 e. The van der Waals surface area contributed by atoms with Gasteiger partial charge in [0.15, 0.2) is 5.69 Å². The fourth-order valence-electron chi connectivity index (χ4n) is 1.62. The Balaban J connectivity index is 2.13. The smallest absolute Gasteiger partial charge is 0.374 e. The molecule has 0 unspecified atom stereocenters. The zero-order valence-electron chi connectivity index (χ0n) is 9.38. The number of hydrogen-bond donors (Lipinski definition) is 2. The Kier molecular flexibility index (Phi) is 3.26. The molecule has 0 saturated carbocycles. The van der Waals surface area contributed by atoms with Gasteiger partial charge in [0.2, 0.25) is 11.7 Å². The first-order chi connectivity index (χ1) is 8.58. The lowest BCUT2D eigenvalue weighted by Gasteiger charge is -2.16. The van der Waals surface area contributed by atoms with Gasteiger partial charge < -0.3 is 19.8 Å². The molecule has 1 aromatic heterocycles. The molecule has 2 heterocycles. The number of rotatable bonds is 2. The maximum absolute atomic E-state index is 12.0. The Morgan fingerprint density at radius 1 is 1.50 bits per heavy atom. The van der Waals surface area contributed by atoms with Crippen LogP contribution in [0.15, 0.2) is 10.6 Å². The molecule has 0 spiro atoms. The van der Waals surface area contributed by atoms with Gasteiger partial charge in [-0.1, -0.05) is 5.16 Å². The van der Waals surface area contributed by atoms with E-state index in [0.717, 1.165) is 6.07 Å². The normalized spacial score (nSPS) is 16.0. The summed E-state index contributed by atoms with van der Waals surface area (Å²) in [5.74, 6) is -2.46. The van der Waals surface area contributed by atoms with Crippen LogP contribution in [-0.2, 0) is 4.79 Å². The van der Waals surface area contributed by atoms with Gasteiger partial charge in [0.05, 0.1) is 6.54 Å². The summed E-state index contributed by atoms with van der Waals surface area (Å²) in [6.07, 6.45) is 0.640. The van der Waals surface area contributed by atoms with Crippen LogP contribution in [0.1, 0.15) is 27.5 Å². The molecule has 1 aliphatic heterocycles. The van der Waals surface area contributed by atoms with Crippen molar-refractivity contribution < 1.29 is 24.0 Å². The number of aromatic nitrogens is 1. The molecule has 0 aliphatic carbocycles. The Hall–Kier alpha value is -2.38. The van der Waals surface area contributed by atoms with Gasteiger partial charge in [-0.15, -0.1) is 0 Å². The number of carbonyl (C=O) groups is 3. The first-order valence-electron chi connectivity index (χ1n) is 5.34. The van der Waals surface area contributed by atoms with Gasteiger partial charge in [-0.05, 0) is 6.42 Å². The molecular formula is C10H11N3O5. The average Bonchev–Trinajstić information content (AvgIpc) is 2.72. The summed E-state index contributed by atoms with van der Waals surface area (Å²) in [4.78, 5) is 35.2. The van der Waals surface area contributed by atoms with Crippen LogP contribution < -0.4 is 5.32 Å². The van der Waals surface area contributed by atoms with Gasteiger partial charge in [0, 0.05) is 19.2 Å². The predicted molar refractivity (Wildman–Crippen MR) is 57.0 cm³/mol. The van der Waals surface area contributed by atoms with E-state index in [1.807, 2.05) is 0 Å². The van der Waals surface area contributed by atoms with E-state index in [2.05, 4.69) is 15.0 Å². The summed E-state index contributed by atoms with van der Waals surface area (Å²) in [6.45, 7) is 0.864. The molecule has 96 valence electrons. The Labute approximate surface area is 102 Å². The third-order valence-electron chi connectivity index (χ3n) is 2.49. The van der Waals surface area contributed by atoms with Crippen LogP contribution in [0.2, 0.25) is 0 Å². The van der Waals surface area contributed by atoms with Gasteiger partial charge in [-0.3, -0.25) is 9.59 Å². The lowest BCUT2D eigenvalue weighted by molar-refractivity contribution is -0.121. The fourth-order valence-corrected chi connectivity index (χ4v) is 1.62. The minimum Gasteiger partial charge on any atom is -0.475 e. The molecule has 8 nitrogen and oxygen atoms in total. The van der Waals surface area contributed by atoms with E-state index in [1.165, 1.54) is 4.90 Å².